The van der Waals surface area contributed by atoms with Crippen molar-refractivity contribution in [2.45, 2.75) is 6.92 Å². The van der Waals surface area contributed by atoms with E-state index >= 15 is 0 Å². The molecule has 0 spiro atoms. The van der Waals surface area contributed by atoms with Gasteiger partial charge in [-0.25, -0.2) is 4.98 Å². The lowest BCUT2D eigenvalue weighted by molar-refractivity contribution is 0.0942. The summed E-state index contributed by atoms with van der Waals surface area (Å²) in [4.78, 5) is 28.1. The predicted octanol–water partition coefficient (Wildman–Crippen LogP) is 1.74. The Bertz CT molecular complexity index is 836. The van der Waals surface area contributed by atoms with Crippen LogP contribution in [0.1, 0.15) is 11.7 Å². The molecule has 1 heterocycles. The van der Waals surface area contributed by atoms with Gasteiger partial charge in [-0.3, -0.25) is 14.2 Å². The van der Waals surface area contributed by atoms with Crippen LogP contribution in [0.15, 0.2) is 41.2 Å². The maximum atomic E-state index is 11.9. The lowest BCUT2D eigenvalue weighted by Crippen LogP contribution is -2.19. The Kier molecular flexibility index (Phi) is 2.35. The molecule has 5 heteroatoms. The van der Waals surface area contributed by atoms with Gasteiger partial charge in [0, 0.05) is 6.92 Å². The first-order chi connectivity index (χ1) is 9.09. The van der Waals surface area contributed by atoms with Gasteiger partial charge in [-0.1, -0.05) is 12.1 Å². The molecule has 19 heavy (non-hydrogen) atoms. The van der Waals surface area contributed by atoms with Gasteiger partial charge in [-0.05, 0) is 24.3 Å². The van der Waals surface area contributed by atoms with Gasteiger partial charge in [-0.2, -0.15) is 0 Å². The number of benzene rings is 2. The van der Waals surface area contributed by atoms with Crippen molar-refractivity contribution in [3.05, 3.63) is 46.6 Å². The molecular formula is C14H11N3O2. The van der Waals surface area contributed by atoms with Gasteiger partial charge in [-0.15, -0.1) is 0 Å². The van der Waals surface area contributed by atoms with E-state index in [4.69, 9.17) is 5.73 Å². The number of hydrogen-bond acceptors (Lipinski definition) is 4. The van der Waals surface area contributed by atoms with E-state index in [1.807, 2.05) is 12.1 Å². The summed E-state index contributed by atoms with van der Waals surface area (Å²) in [5.74, 6) is -0.207. The smallest absolute Gasteiger partial charge is 0.228 e. The fraction of sp³-hybridized carbons (Fsp3) is 0.0714. The number of aromatic nitrogens is 2. The van der Waals surface area contributed by atoms with E-state index in [1.54, 1.807) is 12.1 Å². The van der Waals surface area contributed by atoms with Gasteiger partial charge in [0.2, 0.25) is 11.3 Å². The number of nitrogens with zero attached hydrogens (tertiary/aromatic N) is 2. The summed E-state index contributed by atoms with van der Waals surface area (Å²) in [6.07, 6.45) is 0. The molecule has 0 amide bonds. The van der Waals surface area contributed by atoms with Crippen LogP contribution in [0.2, 0.25) is 0 Å². The molecule has 94 valence electrons. The first-order valence-corrected chi connectivity index (χ1v) is 5.80. The van der Waals surface area contributed by atoms with Crippen LogP contribution in [0.4, 0.5) is 5.69 Å². The third-order valence-corrected chi connectivity index (χ3v) is 3.04. The molecule has 0 radical (unpaired) electrons. The van der Waals surface area contributed by atoms with Gasteiger partial charge in [0.1, 0.15) is 11.4 Å². The molecule has 5 nitrogen and oxygen atoms in total. The average molecular weight is 253 g/mol. The van der Waals surface area contributed by atoms with Crippen LogP contribution < -0.4 is 11.2 Å². The molecule has 0 bridgehead atoms. The molecule has 0 saturated heterocycles. The molecule has 0 aromatic heterocycles. The third kappa shape index (κ3) is 1.59. The Balaban J connectivity index is 2.66. The van der Waals surface area contributed by atoms with E-state index in [0.717, 1.165) is 0 Å². The standard InChI is InChI=1S/C14H11N3O2/c1-8(18)17-11-5-3-2-4-10(11)16-13-12(19)7-6-9(15)14(13)17/h2-7H,15H2,1H3. The highest BCUT2D eigenvalue weighted by Gasteiger charge is 2.19. The minimum absolute atomic E-state index is 0.207. The van der Waals surface area contributed by atoms with Crippen LogP contribution in [0.5, 0.6) is 0 Å². The highest BCUT2D eigenvalue weighted by Crippen LogP contribution is 2.27. The zero-order chi connectivity index (χ0) is 13.6. The molecule has 1 aliphatic carbocycles. The zero-order valence-corrected chi connectivity index (χ0v) is 10.3. The monoisotopic (exact) mass is 253 g/mol. The third-order valence-electron chi connectivity index (χ3n) is 3.04. The van der Waals surface area contributed by atoms with Gasteiger partial charge in [0.05, 0.1) is 16.7 Å². The molecule has 3 rings (SSSR count). The maximum absolute atomic E-state index is 11.9. The van der Waals surface area contributed by atoms with Crippen molar-refractivity contribution in [1.82, 2.24) is 9.55 Å². The second-order valence-electron chi connectivity index (χ2n) is 4.31. The van der Waals surface area contributed by atoms with Crippen molar-refractivity contribution in [2.24, 2.45) is 0 Å². The lowest BCUT2D eigenvalue weighted by atomic mass is 10.1. The van der Waals surface area contributed by atoms with Crippen molar-refractivity contribution in [2.75, 3.05) is 5.73 Å². The normalized spacial score (nSPS) is 11.0. The Morgan fingerprint density at radius 2 is 1.95 bits per heavy atom. The van der Waals surface area contributed by atoms with E-state index in [1.165, 1.54) is 23.6 Å². The minimum atomic E-state index is -0.245. The highest BCUT2D eigenvalue weighted by molar-refractivity contribution is 5.96. The van der Waals surface area contributed by atoms with E-state index in [2.05, 4.69) is 4.98 Å². The van der Waals surface area contributed by atoms with Crippen LogP contribution in [0.25, 0.3) is 22.4 Å². The summed E-state index contributed by atoms with van der Waals surface area (Å²) in [5.41, 5.74) is 7.84. The molecule has 1 aromatic rings. The van der Waals surface area contributed by atoms with Crippen LogP contribution in [-0.2, 0) is 0 Å². The number of carbonyl (C=O) groups excluding carboxylic acids is 1. The fourth-order valence-corrected chi connectivity index (χ4v) is 2.24. The summed E-state index contributed by atoms with van der Waals surface area (Å²) in [7, 11) is 0. The molecule has 1 aliphatic heterocycles. The number of para-hydroxylation sites is 2. The van der Waals surface area contributed by atoms with Crippen molar-refractivity contribution >= 4 is 22.6 Å². The lowest BCUT2D eigenvalue weighted by Gasteiger charge is -2.16. The first-order valence-electron chi connectivity index (χ1n) is 5.80. The summed E-state index contributed by atoms with van der Waals surface area (Å²) in [6.45, 7) is 1.43. The van der Waals surface area contributed by atoms with E-state index < -0.39 is 0 Å². The molecule has 2 N–H and O–H groups in total. The summed E-state index contributed by atoms with van der Waals surface area (Å²) >= 11 is 0. The number of rotatable bonds is 0. The number of fused-ring (bicyclic) bond motifs is 2. The molecule has 1 aromatic carbocycles. The topological polar surface area (TPSA) is 78.0 Å². The molecule has 0 fully saturated rings. The summed E-state index contributed by atoms with van der Waals surface area (Å²) in [6, 6.07) is 10.0. The number of nitrogen functional groups attached to an aromatic ring is 1. The zero-order valence-electron chi connectivity index (χ0n) is 10.3. The van der Waals surface area contributed by atoms with Crippen LogP contribution >= 0.6 is 0 Å². The summed E-state index contributed by atoms with van der Waals surface area (Å²) < 4.78 is 1.44. The van der Waals surface area contributed by atoms with E-state index in [0.29, 0.717) is 22.4 Å². The van der Waals surface area contributed by atoms with Crippen molar-refractivity contribution in [3.63, 3.8) is 0 Å². The minimum Gasteiger partial charge on any atom is -0.397 e. The van der Waals surface area contributed by atoms with Crippen molar-refractivity contribution in [1.29, 1.82) is 0 Å². The van der Waals surface area contributed by atoms with Crippen LogP contribution in [0.3, 0.4) is 0 Å². The Morgan fingerprint density at radius 1 is 1.21 bits per heavy atom. The van der Waals surface area contributed by atoms with E-state index in [9.17, 15) is 9.59 Å². The average Bonchev–Trinajstić information content (AvgIpc) is 2.40. The highest BCUT2D eigenvalue weighted by atomic mass is 16.2. The Labute approximate surface area is 108 Å². The largest absolute Gasteiger partial charge is 0.397 e. The summed E-state index contributed by atoms with van der Waals surface area (Å²) in [5, 5.41) is 0. The molecule has 0 atom stereocenters. The molecule has 0 unspecified atom stereocenters. The molecular weight excluding hydrogens is 242 g/mol. The molecule has 2 aliphatic rings. The number of hydrogen-bond donors (Lipinski definition) is 1. The van der Waals surface area contributed by atoms with Crippen LogP contribution in [0, 0.1) is 0 Å². The number of nitrogens with two attached hydrogens (primary N) is 1. The van der Waals surface area contributed by atoms with Crippen LogP contribution in [-0.4, -0.2) is 15.5 Å². The quantitative estimate of drug-likeness (QED) is 0.489. The van der Waals surface area contributed by atoms with Gasteiger partial charge in [0.15, 0.2) is 0 Å². The number of anilines is 1. The SMILES string of the molecule is CC(=O)n1c2c(N)ccc(=O)c-2nc2ccccc21. The Hall–Kier alpha value is -2.69. The van der Waals surface area contributed by atoms with Gasteiger partial charge >= 0.3 is 0 Å². The molecule has 0 saturated carbocycles. The number of carbonyl (C=O) groups is 1. The second kappa shape index (κ2) is 3.91. The Morgan fingerprint density at radius 3 is 2.68 bits per heavy atom. The predicted molar refractivity (Wildman–Crippen MR) is 73.3 cm³/mol. The first kappa shape index (κ1) is 11.4. The van der Waals surface area contributed by atoms with Gasteiger partial charge in [0.25, 0.3) is 0 Å². The fourth-order valence-electron chi connectivity index (χ4n) is 2.24. The van der Waals surface area contributed by atoms with Gasteiger partial charge < -0.3 is 5.73 Å². The van der Waals surface area contributed by atoms with Crippen molar-refractivity contribution < 1.29 is 4.79 Å². The maximum Gasteiger partial charge on any atom is 0.228 e. The second-order valence-corrected chi connectivity index (χ2v) is 4.31. The van der Waals surface area contributed by atoms with Crippen molar-refractivity contribution in [3.8, 4) is 11.4 Å². The van der Waals surface area contributed by atoms with E-state index in [-0.39, 0.29) is 17.0 Å².